The number of aryl methyl sites for hydroxylation is 1. The lowest BCUT2D eigenvalue weighted by Gasteiger charge is -2.15. The molecule has 2 N–H and O–H groups in total. The fraction of sp³-hybridized carbons (Fsp3) is 0.636. The molecule has 21 heavy (non-hydrogen) atoms. The van der Waals surface area contributed by atoms with Crippen molar-refractivity contribution < 1.29 is 31.1 Å². The summed E-state index contributed by atoms with van der Waals surface area (Å²) < 4.78 is 76.0. The van der Waals surface area contributed by atoms with Crippen LogP contribution in [0.15, 0.2) is 17.2 Å². The Kier molecular flexibility index (Phi) is 5.76. The third-order valence-corrected chi connectivity index (χ3v) is 4.08. The number of hydrogen-bond acceptors (Lipinski definition) is 3. The highest BCUT2D eigenvalue weighted by Crippen LogP contribution is 2.23. The average Bonchev–Trinajstić information content (AvgIpc) is 2.81. The Morgan fingerprint density at radius 3 is 2.52 bits per heavy atom. The summed E-state index contributed by atoms with van der Waals surface area (Å²) in [6.07, 6.45) is -2.13. The van der Waals surface area contributed by atoms with Crippen molar-refractivity contribution >= 4 is 10.0 Å². The van der Waals surface area contributed by atoms with Gasteiger partial charge in [-0.05, 0) is 12.5 Å². The predicted octanol–water partition coefficient (Wildman–Crippen LogP) is 1.57. The van der Waals surface area contributed by atoms with Crippen LogP contribution in [-0.2, 0) is 23.2 Å². The number of nitrogens with one attached hydrogen (secondary N) is 1. The molecule has 1 aromatic heterocycles. The Morgan fingerprint density at radius 1 is 1.43 bits per heavy atom. The zero-order valence-corrected chi connectivity index (χ0v) is 12.0. The molecule has 10 heteroatoms. The van der Waals surface area contributed by atoms with Crippen molar-refractivity contribution in [3.8, 4) is 0 Å². The smallest absolute Gasteiger partial charge is 0.320 e. The molecule has 0 unspecified atom stereocenters. The molecule has 5 nitrogen and oxygen atoms in total. The maximum Gasteiger partial charge on any atom is 0.320 e. The van der Waals surface area contributed by atoms with Crippen LogP contribution in [0.1, 0.15) is 19.0 Å². The van der Waals surface area contributed by atoms with Gasteiger partial charge in [0.1, 0.15) is 0 Å². The highest BCUT2D eigenvalue weighted by Gasteiger charge is 2.41. The number of halogens is 4. The molecule has 0 aromatic carbocycles. The second-order valence-corrected chi connectivity index (χ2v) is 6.17. The van der Waals surface area contributed by atoms with Crippen molar-refractivity contribution in [1.82, 2.24) is 9.29 Å². The summed E-state index contributed by atoms with van der Waals surface area (Å²) in [7, 11) is -4.35. The fourth-order valence-electron chi connectivity index (χ4n) is 1.61. The zero-order chi connectivity index (χ0) is 16.3. The predicted molar refractivity (Wildman–Crippen MR) is 66.8 cm³/mol. The van der Waals surface area contributed by atoms with Crippen LogP contribution in [0.5, 0.6) is 0 Å². The van der Waals surface area contributed by atoms with Gasteiger partial charge in [-0.25, -0.2) is 21.9 Å². The van der Waals surface area contributed by atoms with Crippen molar-refractivity contribution in [2.75, 3.05) is 6.54 Å². The number of rotatable bonds is 8. The summed E-state index contributed by atoms with van der Waals surface area (Å²) >= 11 is 0. The molecule has 0 amide bonds. The molecular formula is C11H16F4N2O3S. The zero-order valence-electron chi connectivity index (χ0n) is 11.2. The fourth-order valence-corrected chi connectivity index (χ4v) is 2.71. The number of sulfonamides is 1. The lowest BCUT2D eigenvalue weighted by Crippen LogP contribution is -2.41. The first-order valence-corrected chi connectivity index (χ1v) is 7.58. The lowest BCUT2D eigenvalue weighted by atomic mass is 10.4. The third kappa shape index (κ3) is 4.42. The molecular weight excluding hydrogens is 316 g/mol. The van der Waals surface area contributed by atoms with Crippen LogP contribution < -0.4 is 4.72 Å². The number of alkyl halides is 4. The molecule has 1 aromatic rings. The van der Waals surface area contributed by atoms with Gasteiger partial charge in [0.2, 0.25) is 10.0 Å². The van der Waals surface area contributed by atoms with Crippen molar-refractivity contribution in [2.24, 2.45) is 0 Å². The van der Waals surface area contributed by atoms with Crippen molar-refractivity contribution in [3.63, 3.8) is 0 Å². The standard InChI is InChI=1S/C11H16F4N2O3S/c1-2-3-17-5-9(4-8(17)6-18)21(19,20)16-7-11(14,15)10(12)13/h4-5,10,16,18H,2-3,6-7H2,1H3. The molecule has 0 aliphatic carbocycles. The van der Waals surface area contributed by atoms with Gasteiger partial charge in [0.15, 0.2) is 0 Å². The summed E-state index contributed by atoms with van der Waals surface area (Å²) in [5.74, 6) is -4.45. The van der Waals surface area contributed by atoms with E-state index in [-0.39, 0.29) is 10.6 Å². The average molecular weight is 332 g/mol. The Bertz CT molecular complexity index is 572. The van der Waals surface area contributed by atoms with E-state index in [4.69, 9.17) is 5.11 Å². The molecule has 1 heterocycles. The molecule has 0 saturated carbocycles. The monoisotopic (exact) mass is 332 g/mol. The first-order chi connectivity index (χ1) is 9.64. The van der Waals surface area contributed by atoms with Crippen LogP contribution in [0.2, 0.25) is 0 Å². The summed E-state index contributed by atoms with van der Waals surface area (Å²) in [5, 5.41) is 9.10. The summed E-state index contributed by atoms with van der Waals surface area (Å²) in [5.41, 5.74) is 0.290. The lowest BCUT2D eigenvalue weighted by molar-refractivity contribution is -0.122. The maximum atomic E-state index is 12.7. The first-order valence-electron chi connectivity index (χ1n) is 6.09. The van der Waals surface area contributed by atoms with Crippen LogP contribution in [-0.4, -0.2) is 37.0 Å². The minimum absolute atomic E-state index is 0.290. The van der Waals surface area contributed by atoms with Gasteiger partial charge in [0, 0.05) is 18.4 Å². The van der Waals surface area contributed by atoms with Gasteiger partial charge in [0.25, 0.3) is 0 Å². The molecule has 0 saturated heterocycles. The van der Waals surface area contributed by atoms with E-state index in [1.807, 2.05) is 6.92 Å². The van der Waals surface area contributed by atoms with Gasteiger partial charge in [-0.1, -0.05) is 6.92 Å². The van der Waals surface area contributed by atoms with Crippen LogP contribution in [0.25, 0.3) is 0 Å². The summed E-state index contributed by atoms with van der Waals surface area (Å²) in [6.45, 7) is 0.137. The van der Waals surface area contributed by atoms with Gasteiger partial charge in [-0.15, -0.1) is 0 Å². The number of aliphatic hydroxyl groups excluding tert-OH is 1. The maximum absolute atomic E-state index is 12.7. The van der Waals surface area contributed by atoms with Crippen molar-refractivity contribution in [2.45, 2.75) is 43.7 Å². The Morgan fingerprint density at radius 2 is 2.05 bits per heavy atom. The molecule has 0 fully saturated rings. The Balaban J connectivity index is 2.93. The van der Waals surface area contributed by atoms with E-state index in [0.29, 0.717) is 13.0 Å². The minimum Gasteiger partial charge on any atom is -0.390 e. The number of aromatic nitrogens is 1. The SMILES string of the molecule is CCCn1cc(S(=O)(=O)NCC(F)(F)C(F)F)cc1CO. The van der Waals surface area contributed by atoms with E-state index < -0.39 is 35.5 Å². The van der Waals surface area contributed by atoms with Gasteiger partial charge < -0.3 is 9.67 Å². The van der Waals surface area contributed by atoms with Gasteiger partial charge in [-0.2, -0.15) is 8.78 Å². The van der Waals surface area contributed by atoms with Crippen LogP contribution >= 0.6 is 0 Å². The van der Waals surface area contributed by atoms with Gasteiger partial charge in [-0.3, -0.25) is 0 Å². The van der Waals surface area contributed by atoms with Crippen LogP contribution in [0, 0.1) is 0 Å². The molecule has 0 aliphatic rings. The first kappa shape index (κ1) is 17.9. The van der Waals surface area contributed by atoms with E-state index in [9.17, 15) is 26.0 Å². The van der Waals surface area contributed by atoms with E-state index in [1.54, 1.807) is 0 Å². The largest absolute Gasteiger partial charge is 0.390 e. The molecule has 122 valence electrons. The highest BCUT2D eigenvalue weighted by atomic mass is 32.2. The number of hydrogen-bond donors (Lipinski definition) is 2. The van der Waals surface area contributed by atoms with E-state index >= 15 is 0 Å². The second-order valence-electron chi connectivity index (χ2n) is 4.40. The molecule has 0 radical (unpaired) electrons. The second kappa shape index (κ2) is 6.75. The molecule has 0 atom stereocenters. The highest BCUT2D eigenvalue weighted by molar-refractivity contribution is 7.89. The third-order valence-electron chi connectivity index (χ3n) is 2.71. The van der Waals surface area contributed by atoms with Gasteiger partial charge in [0.05, 0.1) is 18.0 Å². The minimum atomic E-state index is -4.45. The number of nitrogens with zero attached hydrogens (tertiary/aromatic N) is 1. The summed E-state index contributed by atoms with van der Waals surface area (Å²) in [4.78, 5) is -0.356. The van der Waals surface area contributed by atoms with Crippen LogP contribution in [0.3, 0.4) is 0 Å². The molecule has 0 aliphatic heterocycles. The Labute approximate surface area is 119 Å². The molecule has 0 bridgehead atoms. The summed E-state index contributed by atoms with van der Waals surface area (Å²) in [6, 6.07) is 1.11. The van der Waals surface area contributed by atoms with Gasteiger partial charge >= 0.3 is 12.3 Å². The van der Waals surface area contributed by atoms with Crippen LogP contribution in [0.4, 0.5) is 17.6 Å². The van der Waals surface area contributed by atoms with Crippen molar-refractivity contribution in [3.05, 3.63) is 18.0 Å². The van der Waals surface area contributed by atoms with E-state index in [1.165, 1.54) is 9.29 Å². The van der Waals surface area contributed by atoms with E-state index in [2.05, 4.69) is 0 Å². The van der Waals surface area contributed by atoms with Crippen molar-refractivity contribution in [1.29, 1.82) is 0 Å². The molecule has 0 spiro atoms. The molecule has 1 rings (SSSR count). The van der Waals surface area contributed by atoms with E-state index in [0.717, 1.165) is 12.3 Å². The topological polar surface area (TPSA) is 71.3 Å². The Hall–Kier alpha value is -1.13. The number of aliphatic hydroxyl groups is 1. The quantitative estimate of drug-likeness (QED) is 0.710. The normalized spacial score (nSPS) is 13.1.